The van der Waals surface area contributed by atoms with Crippen LogP contribution in [0.15, 0.2) is 0 Å². The Labute approximate surface area is 227 Å². The van der Waals surface area contributed by atoms with Crippen molar-refractivity contribution in [1.82, 2.24) is 0 Å². The second-order valence-corrected chi connectivity index (χ2v) is 11.5. The zero-order chi connectivity index (χ0) is 29.1. The Morgan fingerprint density at radius 2 is 1.05 bits per heavy atom. The normalized spacial score (nSPS) is 46.8. The summed E-state index contributed by atoms with van der Waals surface area (Å²) >= 11 is 0. The SMILES string of the molecule is CC1(C)OC(CO)[C@@H](COC[C@@H]2OC(CO)[C@@H](COC[C@@H]3OC(CO)[C@@H](O)[C@@H](O)C3[NH3+])[C@@H](O)C2[NH3+])[C@@H](O)C1[NH3+]. The molecule has 15 nitrogen and oxygen atoms in total. The molecular weight excluding hydrogens is 522 g/mol. The Hall–Kier alpha value is -0.600. The van der Waals surface area contributed by atoms with Crippen LogP contribution in [0, 0.1) is 11.8 Å². The van der Waals surface area contributed by atoms with E-state index in [0.717, 1.165) is 0 Å². The van der Waals surface area contributed by atoms with Crippen LogP contribution in [0.5, 0.6) is 0 Å². The first-order chi connectivity index (χ1) is 18.4. The first-order valence-electron chi connectivity index (χ1n) is 13.6. The number of hydrogen-bond donors (Lipinski definition) is 10. The summed E-state index contributed by atoms with van der Waals surface area (Å²) in [6.45, 7) is 2.55. The minimum Gasteiger partial charge on any atom is -0.394 e. The molecule has 3 heterocycles. The highest BCUT2D eigenvalue weighted by molar-refractivity contribution is 4.97. The first-order valence-corrected chi connectivity index (χ1v) is 13.6. The topological polar surface area (TPSA) is 271 Å². The van der Waals surface area contributed by atoms with Crippen molar-refractivity contribution in [1.29, 1.82) is 0 Å². The highest BCUT2D eigenvalue weighted by Crippen LogP contribution is 2.32. The van der Waals surface area contributed by atoms with E-state index in [1.54, 1.807) is 0 Å². The molecule has 0 spiro atoms. The van der Waals surface area contributed by atoms with Gasteiger partial charge in [0.25, 0.3) is 0 Å². The molecule has 0 saturated carbocycles. The van der Waals surface area contributed by atoms with E-state index < -0.39 is 97.1 Å². The maximum absolute atomic E-state index is 11.0. The zero-order valence-corrected chi connectivity index (χ0v) is 22.8. The molecule has 15 heteroatoms. The molecule has 0 aromatic heterocycles. The number of hydrogen-bond acceptors (Lipinski definition) is 12. The van der Waals surface area contributed by atoms with Gasteiger partial charge in [0.05, 0.1) is 58.5 Å². The van der Waals surface area contributed by atoms with Crippen LogP contribution in [0.4, 0.5) is 0 Å². The number of ether oxygens (including phenoxy) is 5. The van der Waals surface area contributed by atoms with Crippen molar-refractivity contribution in [2.45, 2.75) is 92.5 Å². The summed E-state index contributed by atoms with van der Waals surface area (Å²) in [5.41, 5.74) is 11.2. The molecule has 0 bridgehead atoms. The van der Waals surface area contributed by atoms with E-state index in [1.165, 1.54) is 0 Å². The number of quaternary nitrogens is 3. The predicted octanol–water partition coefficient (Wildman–Crippen LogP) is -7.78. The summed E-state index contributed by atoms with van der Waals surface area (Å²) in [5, 5.41) is 71.0. The summed E-state index contributed by atoms with van der Waals surface area (Å²) in [4.78, 5) is 0. The third-order valence-corrected chi connectivity index (χ3v) is 8.58. The third-order valence-electron chi connectivity index (χ3n) is 8.58. The summed E-state index contributed by atoms with van der Waals surface area (Å²) in [7, 11) is 0. The van der Waals surface area contributed by atoms with E-state index in [-0.39, 0.29) is 39.6 Å². The number of rotatable bonds is 11. The Kier molecular flexibility index (Phi) is 11.9. The molecule has 6 unspecified atom stereocenters. The summed E-state index contributed by atoms with van der Waals surface area (Å²) in [6.07, 6.45) is -8.02. The van der Waals surface area contributed by atoms with Gasteiger partial charge in [-0.15, -0.1) is 0 Å². The van der Waals surface area contributed by atoms with Crippen molar-refractivity contribution in [3.8, 4) is 0 Å². The minimum absolute atomic E-state index is 0.00846. The standard InChI is InChI=1S/C24H47N3O12/c1-24(2)23(27)20(32)11(13(4-29)39-24)7-36-8-15-17(25)19(31)10(12(3-28)37-15)6-35-9-16-18(26)22(34)21(33)14(5-30)38-16/h10-23,28-34H,3-9,25-27H2,1-2H3/p+3/t10-,11-,12?,13?,14?,15+,16+,17?,18?,19-,20-,21-,22+,23?/m1/s1. The zero-order valence-electron chi connectivity index (χ0n) is 22.8. The van der Waals surface area contributed by atoms with Crippen LogP contribution in [-0.4, -0.2) is 161 Å². The van der Waals surface area contributed by atoms with Crippen LogP contribution >= 0.6 is 0 Å². The maximum Gasteiger partial charge on any atom is 0.142 e. The van der Waals surface area contributed by atoms with Gasteiger partial charge < -0.3 is 76.6 Å². The quantitative estimate of drug-likeness (QED) is 0.111. The van der Waals surface area contributed by atoms with Crippen molar-refractivity contribution < 1.29 is 76.6 Å². The van der Waals surface area contributed by atoms with Gasteiger partial charge in [-0.05, 0) is 13.8 Å². The monoisotopic (exact) mass is 572 g/mol. The van der Waals surface area contributed by atoms with Crippen LogP contribution < -0.4 is 17.2 Å². The van der Waals surface area contributed by atoms with E-state index in [4.69, 9.17) is 23.7 Å². The lowest BCUT2D eigenvalue weighted by Crippen LogP contribution is -2.80. The molecular formula is C24H50N3O12+3. The maximum atomic E-state index is 11.0. The lowest BCUT2D eigenvalue weighted by Gasteiger charge is -2.45. The molecule has 3 saturated heterocycles. The van der Waals surface area contributed by atoms with Gasteiger partial charge in [0.1, 0.15) is 66.5 Å². The average Bonchev–Trinajstić information content (AvgIpc) is 2.91. The Morgan fingerprint density at radius 1 is 0.590 bits per heavy atom. The molecule has 14 atom stereocenters. The van der Waals surface area contributed by atoms with Gasteiger partial charge in [-0.1, -0.05) is 0 Å². The molecule has 3 aliphatic rings. The average molecular weight is 573 g/mol. The molecule has 3 aliphatic heterocycles. The van der Waals surface area contributed by atoms with Gasteiger partial charge in [-0.3, -0.25) is 0 Å². The van der Waals surface area contributed by atoms with Crippen LogP contribution in [0.1, 0.15) is 13.8 Å². The minimum atomic E-state index is -1.26. The van der Waals surface area contributed by atoms with Crippen LogP contribution in [0.2, 0.25) is 0 Å². The largest absolute Gasteiger partial charge is 0.394 e. The van der Waals surface area contributed by atoms with Gasteiger partial charge >= 0.3 is 0 Å². The highest BCUT2D eigenvalue weighted by atomic mass is 16.6. The van der Waals surface area contributed by atoms with Crippen molar-refractivity contribution in [2.24, 2.45) is 11.8 Å². The van der Waals surface area contributed by atoms with E-state index >= 15 is 0 Å². The number of aliphatic hydroxyl groups is 7. The molecule has 230 valence electrons. The van der Waals surface area contributed by atoms with Crippen LogP contribution in [0.3, 0.4) is 0 Å². The molecule has 0 amide bonds. The molecule has 3 rings (SSSR count). The lowest BCUT2D eigenvalue weighted by molar-refractivity contribution is -0.492. The van der Waals surface area contributed by atoms with E-state index in [1.807, 2.05) is 13.8 Å². The van der Waals surface area contributed by atoms with Gasteiger partial charge in [-0.25, -0.2) is 0 Å². The fourth-order valence-corrected chi connectivity index (χ4v) is 5.66. The Balaban J connectivity index is 1.51. The lowest BCUT2D eigenvalue weighted by atomic mass is 9.80. The molecule has 0 radical (unpaired) electrons. The summed E-state index contributed by atoms with van der Waals surface area (Å²) < 4.78 is 29.1. The van der Waals surface area contributed by atoms with Crippen molar-refractivity contribution in [3.05, 3.63) is 0 Å². The fourth-order valence-electron chi connectivity index (χ4n) is 5.66. The molecule has 39 heavy (non-hydrogen) atoms. The van der Waals surface area contributed by atoms with Gasteiger partial charge in [-0.2, -0.15) is 0 Å². The van der Waals surface area contributed by atoms with Gasteiger partial charge in [0.2, 0.25) is 0 Å². The number of aliphatic hydroxyl groups excluding tert-OH is 7. The summed E-state index contributed by atoms with van der Waals surface area (Å²) in [5.74, 6) is -1.13. The molecule has 0 aromatic carbocycles. The van der Waals surface area contributed by atoms with E-state index in [2.05, 4.69) is 17.2 Å². The smallest absolute Gasteiger partial charge is 0.142 e. The van der Waals surface area contributed by atoms with Crippen LogP contribution in [0.25, 0.3) is 0 Å². The highest BCUT2D eigenvalue weighted by Gasteiger charge is 2.51. The van der Waals surface area contributed by atoms with E-state index in [9.17, 15) is 35.7 Å². The fraction of sp³-hybridized carbons (Fsp3) is 1.00. The Bertz CT molecular complexity index is 747. The summed E-state index contributed by atoms with van der Waals surface area (Å²) in [6, 6.07) is -1.75. The van der Waals surface area contributed by atoms with Crippen molar-refractivity contribution >= 4 is 0 Å². The third kappa shape index (κ3) is 7.25. The molecule has 0 aromatic rings. The first kappa shape index (κ1) is 32.9. The second kappa shape index (κ2) is 14.0. The molecule has 16 N–H and O–H groups in total. The van der Waals surface area contributed by atoms with Crippen molar-refractivity contribution in [2.75, 3.05) is 46.2 Å². The second-order valence-electron chi connectivity index (χ2n) is 11.5. The van der Waals surface area contributed by atoms with E-state index in [0.29, 0.717) is 0 Å². The molecule has 3 fully saturated rings. The van der Waals surface area contributed by atoms with Gasteiger partial charge in [0, 0.05) is 11.8 Å². The van der Waals surface area contributed by atoms with Crippen LogP contribution in [-0.2, 0) is 23.7 Å². The van der Waals surface area contributed by atoms with Gasteiger partial charge in [0.15, 0.2) is 0 Å². The molecule has 0 aliphatic carbocycles. The Morgan fingerprint density at radius 3 is 1.56 bits per heavy atom. The predicted molar refractivity (Wildman–Crippen MR) is 130 cm³/mol. The van der Waals surface area contributed by atoms with Crippen molar-refractivity contribution in [3.63, 3.8) is 0 Å².